The van der Waals surface area contributed by atoms with Crippen LogP contribution in [-0.4, -0.2) is 155 Å². The first-order valence-corrected chi connectivity index (χ1v) is 60.3. The molecule has 16 nitrogen and oxygen atoms in total. The van der Waals surface area contributed by atoms with Crippen molar-refractivity contribution in [3.63, 3.8) is 0 Å². The summed E-state index contributed by atoms with van der Waals surface area (Å²) in [4.78, 5) is 22.9. The Morgan fingerprint density at radius 1 is 0.323 bits per heavy atom. The van der Waals surface area contributed by atoms with Crippen molar-refractivity contribution in [3.05, 3.63) is 127 Å². The van der Waals surface area contributed by atoms with Crippen LogP contribution in [0.2, 0.25) is 52.9 Å². The number of alkyl halides is 1. The van der Waals surface area contributed by atoms with E-state index in [9.17, 15) is 9.59 Å². The summed E-state index contributed by atoms with van der Waals surface area (Å²) >= 11 is 3.48. The summed E-state index contributed by atoms with van der Waals surface area (Å²) in [5, 5.41) is 3.09. The summed E-state index contributed by atoms with van der Waals surface area (Å²) in [7, 11) is -5.15. The Balaban J connectivity index is -0.000000342. The normalized spacial score (nSPS) is 12.9. The van der Waals surface area contributed by atoms with Crippen molar-refractivity contribution in [2.24, 2.45) is 54.1 Å². The van der Waals surface area contributed by atoms with Crippen LogP contribution in [-0.2, 0) is 66.9 Å². The minimum absolute atomic E-state index is 0.00671. The molecule has 0 aromatic heterocycles. The van der Waals surface area contributed by atoms with E-state index in [1.807, 2.05) is 86.6 Å². The number of benzene rings is 4. The van der Waals surface area contributed by atoms with Crippen LogP contribution in [0.15, 0.2) is 121 Å². The summed E-state index contributed by atoms with van der Waals surface area (Å²) in [5.74, 6) is -0.395. The van der Waals surface area contributed by atoms with Crippen molar-refractivity contribution < 1.29 is 74.7 Å². The molecule has 0 fully saturated rings. The predicted molar refractivity (Wildman–Crippen MR) is 588 cm³/mol. The highest BCUT2D eigenvalue weighted by molar-refractivity contribution is 9.09. The molecule has 0 atom stereocenters. The first-order chi connectivity index (χ1) is 59.5. The van der Waals surface area contributed by atoms with Gasteiger partial charge in [-0.2, -0.15) is 0 Å². The standard InChI is InChI=1S/C21H30OSi.C14H32OSi.C12H16O3.C12H18O.C11H24O3.C11H26OSi.C9H20O.C8H19BrOSi.C8H16O3.C6H14O/c1-20(2,3)17-22-23(21(4,5)6,18-13-9-7-10-14-18)19-15-11-8-12-16-19;1-11(2)16(12(3)4,13(5)6)15-10-14(7,8)9;1-12(2,3)9-14-11(13)15-10-7-5-4-6-8-10;1-12(2,3)10-13-9-11-7-5-4-6-8-11;1-7-12-11(6,13-8-2)14-9-10(3,4)5;1-10(2,3)9-12-13(7,8)11(4,5)6;1-8(2,3)7-10-9(4,5)6;1-8(2,3)6-10-11(4,5)7-9;1-5-10-7(9)11-6-8(2,3)4;1-6(2,3)5-7-4/h7-16H,17H2,1-6H3;11-13H,10H2,1-9H3;4-8H,9H2,1-3H3;4-8H,9-10H2,1-3H3;7-9H2,1-6H3;9H2,1-8H3;7H2,1-6H3;6-7H2,1-5H3;5-6H2,1-4H3;5H2,1-4H3. The molecule has 0 aliphatic rings. The van der Waals surface area contributed by atoms with Crippen LogP contribution in [0, 0.1) is 54.1 Å². The number of carbonyl (C=O) groups excluding carboxylic acids is 2. The summed E-state index contributed by atoms with van der Waals surface area (Å²) in [5.41, 5.74) is 5.28. The van der Waals surface area contributed by atoms with Crippen molar-refractivity contribution in [2.45, 2.75) is 410 Å². The van der Waals surface area contributed by atoms with Gasteiger partial charge in [0.2, 0.25) is 0 Å². The first kappa shape index (κ1) is 140. The average molecular weight is 2010 g/mol. The zero-order valence-corrected chi connectivity index (χ0v) is 102. The molecule has 0 bridgehead atoms. The van der Waals surface area contributed by atoms with E-state index in [4.69, 9.17) is 60.3 Å². The highest BCUT2D eigenvalue weighted by Crippen LogP contribution is 2.44. The second-order valence-electron chi connectivity index (χ2n) is 52.2. The third kappa shape index (κ3) is 80.7. The molecule has 21 heteroatoms. The van der Waals surface area contributed by atoms with Crippen molar-refractivity contribution in [3.8, 4) is 5.75 Å². The molecule has 0 radical (unpaired) electrons. The van der Waals surface area contributed by atoms with E-state index in [1.165, 1.54) is 15.9 Å². The van der Waals surface area contributed by atoms with Gasteiger partial charge < -0.3 is 65.1 Å². The fourth-order valence-corrected chi connectivity index (χ4v) is 24.3. The molecule has 4 rings (SSSR count). The van der Waals surface area contributed by atoms with Crippen LogP contribution in [0.3, 0.4) is 0 Å². The predicted octanol–water partition coefficient (Wildman–Crippen LogP) is 33.1. The summed E-state index contributed by atoms with van der Waals surface area (Å²) in [6.07, 6.45) is -1.24. The summed E-state index contributed by atoms with van der Waals surface area (Å²) in [6.45, 7) is 125. The topological polar surface area (TPSA) is 163 Å². The quantitative estimate of drug-likeness (QED) is 0.0166. The Kier molecular flexibility index (Phi) is 67.4. The van der Waals surface area contributed by atoms with Gasteiger partial charge in [-0.3, -0.25) is 0 Å². The molecule has 133 heavy (non-hydrogen) atoms. The third-order valence-electron chi connectivity index (χ3n) is 18.7. The van der Waals surface area contributed by atoms with E-state index in [0.29, 0.717) is 77.9 Å². The minimum atomic E-state index is -2.36. The SMILES string of the molecule is CC(C)(C)COC(=O)Oc1ccccc1.CC(C)(C)COC(C)(C)C.CC(C)(C)COCc1ccccc1.CC(C)(C)CO[Si](C)(C)C(C)(C)C.CC(C)(C)CO[Si](C)(C)CBr.CC(C)(C)CO[Si](c1ccccc1)(c1ccccc1)C(C)(C)C.CC(C)[Si](OCC(C)(C)C)(C(C)C)C(C)C.CCOC(=O)OCC(C)(C)C.CCOC(C)(OCC)OCC(C)(C)C.COCC(C)(C)C. The van der Waals surface area contributed by atoms with E-state index in [-0.39, 0.29) is 54.0 Å². The van der Waals surface area contributed by atoms with Gasteiger partial charge in [0.15, 0.2) is 25.0 Å². The molecule has 0 heterocycles. The van der Waals surface area contributed by atoms with Crippen LogP contribution in [0.5, 0.6) is 5.75 Å². The van der Waals surface area contributed by atoms with Crippen LogP contribution in [0.25, 0.3) is 0 Å². The number of methoxy groups -OCH3 is 1. The Labute approximate surface area is 836 Å². The minimum Gasteiger partial charge on any atom is -0.435 e. The van der Waals surface area contributed by atoms with Gasteiger partial charge in [0, 0.05) is 58.6 Å². The van der Waals surface area contributed by atoms with Gasteiger partial charge in [0.25, 0.3) is 14.3 Å². The Bertz CT molecular complexity index is 3420. The molecule has 0 N–H and O–H groups in total. The van der Waals surface area contributed by atoms with Crippen LogP contribution >= 0.6 is 15.9 Å². The lowest BCUT2D eigenvalue weighted by molar-refractivity contribution is -0.372. The molecule has 4 aromatic carbocycles. The van der Waals surface area contributed by atoms with Gasteiger partial charge in [-0.1, -0.05) is 416 Å². The van der Waals surface area contributed by atoms with E-state index in [2.05, 4.69) is 390 Å². The largest absolute Gasteiger partial charge is 0.513 e. The highest BCUT2D eigenvalue weighted by atomic mass is 79.9. The fraction of sp³-hybridized carbons (Fsp3) is 0.768. The van der Waals surface area contributed by atoms with Crippen LogP contribution in [0.1, 0.15) is 345 Å². The van der Waals surface area contributed by atoms with E-state index < -0.39 is 51.6 Å². The lowest BCUT2D eigenvalue weighted by atomic mass is 9.98. The van der Waals surface area contributed by atoms with E-state index in [0.717, 1.165) is 57.8 Å². The second-order valence-corrected chi connectivity index (χ2v) is 72.5. The monoisotopic (exact) mass is 2010 g/mol. The number of ether oxygens (including phenoxy) is 10. The zero-order chi connectivity index (χ0) is 106. The van der Waals surface area contributed by atoms with Gasteiger partial charge in [0.05, 0.1) is 58.5 Å². The van der Waals surface area contributed by atoms with Crippen molar-refractivity contribution >= 4 is 71.9 Å². The first-order valence-electron chi connectivity index (χ1n) is 49.1. The summed E-state index contributed by atoms with van der Waals surface area (Å²) in [6, 6.07) is 40.8. The Morgan fingerprint density at radius 3 is 0.910 bits per heavy atom. The summed E-state index contributed by atoms with van der Waals surface area (Å²) < 4.78 is 77.1. The zero-order valence-electron chi connectivity index (χ0n) is 96.8. The third-order valence-corrected chi connectivity index (χ3v) is 39.8. The molecule has 0 saturated carbocycles. The van der Waals surface area contributed by atoms with E-state index in [1.54, 1.807) is 38.3 Å². The number of hydrogen-bond donors (Lipinski definition) is 0. The lowest BCUT2D eigenvalue weighted by Crippen LogP contribution is -2.67. The van der Waals surface area contributed by atoms with Gasteiger partial charge in [-0.05, 0) is 177 Å². The molecule has 782 valence electrons. The van der Waals surface area contributed by atoms with Gasteiger partial charge in [-0.15, -0.1) is 0 Å². The average Bonchev–Trinajstić information content (AvgIpc) is 0.744. The molecule has 0 amide bonds. The Morgan fingerprint density at radius 2 is 0.632 bits per heavy atom. The molecular weight excluding hydrogens is 1790 g/mol. The number of halogens is 1. The number of hydrogen-bond acceptors (Lipinski definition) is 16. The number of rotatable bonds is 29. The van der Waals surface area contributed by atoms with Gasteiger partial charge in [0.1, 0.15) is 5.75 Å². The molecule has 0 spiro atoms. The fourth-order valence-electron chi connectivity index (χ4n) is 11.2. The molecule has 0 saturated heterocycles. The van der Waals surface area contributed by atoms with Crippen molar-refractivity contribution in [1.29, 1.82) is 0 Å². The van der Waals surface area contributed by atoms with Crippen LogP contribution in [0.4, 0.5) is 9.59 Å². The maximum absolute atomic E-state index is 11.2. The second kappa shape index (κ2) is 64.0. The molecule has 0 aliphatic carbocycles. The molecular formula is C112H215BrO16Si4. The molecule has 4 aromatic rings. The smallest absolute Gasteiger partial charge is 0.435 e. The Hall–Kier alpha value is -3.63. The molecule has 0 aliphatic heterocycles. The lowest BCUT2D eigenvalue weighted by Gasteiger charge is -2.44. The van der Waals surface area contributed by atoms with Crippen molar-refractivity contribution in [2.75, 3.05) is 98.0 Å². The molecule has 0 unspecified atom stereocenters. The maximum Gasteiger partial charge on any atom is 0.513 e. The van der Waals surface area contributed by atoms with Crippen molar-refractivity contribution in [1.82, 2.24) is 0 Å². The number of para-hydroxylation sites is 1. The highest BCUT2D eigenvalue weighted by Gasteiger charge is 2.51. The number of carbonyl (C=O) groups is 2. The van der Waals surface area contributed by atoms with Crippen LogP contribution < -0.4 is 15.1 Å². The maximum atomic E-state index is 11.2. The van der Waals surface area contributed by atoms with Gasteiger partial charge in [-0.25, -0.2) is 9.59 Å². The van der Waals surface area contributed by atoms with E-state index >= 15 is 0 Å². The van der Waals surface area contributed by atoms with Gasteiger partial charge >= 0.3 is 12.3 Å².